The number of anilines is 1. The summed E-state index contributed by atoms with van der Waals surface area (Å²) in [6.07, 6.45) is -1.25. The number of carbonyl (C=O) groups excluding carboxylic acids is 1. The van der Waals surface area contributed by atoms with Gasteiger partial charge >= 0.3 is 0 Å². The highest BCUT2D eigenvalue weighted by Gasteiger charge is 2.16. The van der Waals surface area contributed by atoms with E-state index in [9.17, 15) is 23.6 Å². The fraction of sp³-hybridized carbons (Fsp3) is 0.458. The third-order valence-corrected chi connectivity index (χ3v) is 6.65. The van der Waals surface area contributed by atoms with Crippen LogP contribution in [0.3, 0.4) is 0 Å². The van der Waals surface area contributed by atoms with Gasteiger partial charge in [-0.2, -0.15) is 5.26 Å². The number of alkyl halides is 2. The quantitative estimate of drug-likeness (QED) is 0.477. The molecule has 36 heavy (non-hydrogen) atoms. The van der Waals surface area contributed by atoms with E-state index in [0.29, 0.717) is 12.3 Å². The highest BCUT2D eigenvalue weighted by molar-refractivity contribution is 7.07. The van der Waals surface area contributed by atoms with Crippen molar-refractivity contribution in [2.75, 3.05) is 51.3 Å². The molecular weight excluding hydrogens is 492 g/mol. The Morgan fingerprint density at radius 2 is 2.11 bits per heavy atom. The second-order valence-electron chi connectivity index (χ2n) is 7.98. The summed E-state index contributed by atoms with van der Waals surface area (Å²) in [5.74, 6) is -0.228. The van der Waals surface area contributed by atoms with Crippen LogP contribution >= 0.6 is 11.3 Å². The number of nitriles is 1. The highest BCUT2D eigenvalue weighted by Crippen LogP contribution is 2.22. The molecule has 0 aliphatic carbocycles. The molecule has 1 amide bonds. The number of ether oxygens (including phenoxy) is 2. The van der Waals surface area contributed by atoms with Crippen molar-refractivity contribution in [2.24, 2.45) is 0 Å². The first-order valence-corrected chi connectivity index (χ1v) is 12.4. The number of benzene rings is 1. The summed E-state index contributed by atoms with van der Waals surface area (Å²) in [6, 6.07) is 7.32. The second-order valence-corrected chi connectivity index (χ2v) is 9.01. The van der Waals surface area contributed by atoms with Crippen molar-refractivity contribution in [3.8, 4) is 11.8 Å². The molecule has 0 saturated carbocycles. The van der Waals surface area contributed by atoms with Crippen molar-refractivity contribution in [3.63, 3.8) is 0 Å². The highest BCUT2D eigenvalue weighted by atomic mass is 32.1. The van der Waals surface area contributed by atoms with Gasteiger partial charge in [0, 0.05) is 44.1 Å². The second kappa shape index (κ2) is 13.2. The van der Waals surface area contributed by atoms with Crippen LogP contribution in [0.1, 0.15) is 12.5 Å². The van der Waals surface area contributed by atoms with Crippen LogP contribution in [-0.4, -0.2) is 67.8 Å². The molecule has 1 aliphatic rings. The number of hydrogen-bond donors (Lipinski definition) is 2. The molecule has 1 saturated heterocycles. The average Bonchev–Trinajstić information content (AvgIpc) is 3.18. The minimum Gasteiger partial charge on any atom is -0.492 e. The van der Waals surface area contributed by atoms with E-state index in [1.807, 2.05) is 30.4 Å². The van der Waals surface area contributed by atoms with Crippen LogP contribution in [-0.2, 0) is 16.1 Å². The Morgan fingerprint density at radius 3 is 2.78 bits per heavy atom. The van der Waals surface area contributed by atoms with Gasteiger partial charge in [0.1, 0.15) is 27.6 Å². The lowest BCUT2D eigenvalue weighted by Crippen LogP contribution is -2.38. The summed E-state index contributed by atoms with van der Waals surface area (Å²) in [5, 5.41) is 14.5. The first-order valence-electron chi connectivity index (χ1n) is 11.5. The van der Waals surface area contributed by atoms with Gasteiger partial charge in [0.05, 0.1) is 19.8 Å². The summed E-state index contributed by atoms with van der Waals surface area (Å²) < 4.78 is 37.9. The Kier molecular flexibility index (Phi) is 9.98. The maximum absolute atomic E-state index is 12.9. The zero-order chi connectivity index (χ0) is 26.1. The number of aromatic nitrogens is 1. The van der Waals surface area contributed by atoms with Gasteiger partial charge in [0.25, 0.3) is 17.9 Å². The smallest absolute Gasteiger partial charge is 0.270 e. The molecule has 0 spiro atoms. The average molecular weight is 522 g/mol. The summed E-state index contributed by atoms with van der Waals surface area (Å²) >= 11 is 0.940. The fourth-order valence-electron chi connectivity index (χ4n) is 3.55. The first kappa shape index (κ1) is 27.3. The van der Waals surface area contributed by atoms with Crippen molar-refractivity contribution >= 4 is 34.7 Å². The number of halogens is 2. The van der Waals surface area contributed by atoms with Crippen molar-refractivity contribution in [2.45, 2.75) is 26.8 Å². The largest absolute Gasteiger partial charge is 0.492 e. The number of aryl methyl sites for hydroxylation is 1. The Morgan fingerprint density at radius 1 is 1.36 bits per heavy atom. The molecule has 1 aromatic heterocycles. The number of hydrogen-bond acceptors (Lipinski definition) is 8. The number of rotatable bonds is 10. The van der Waals surface area contributed by atoms with E-state index in [4.69, 9.17) is 9.47 Å². The third-order valence-electron chi connectivity index (χ3n) is 5.52. The summed E-state index contributed by atoms with van der Waals surface area (Å²) in [4.78, 5) is 27.4. The minimum atomic E-state index is -2.75. The van der Waals surface area contributed by atoms with Gasteiger partial charge < -0.3 is 20.1 Å². The standard InChI is InChI=1S/C24H29F2N5O4S/c1-3-31-23(33)20(36-24(31)18(13-27)22(32)29-15-21(25)26)14-28-17-5-4-16(2)19(12-17)35-11-8-30-6-9-34-10-7-30/h4-5,12,14,21,28H,3,6-11,15H2,1-2H3,(H,29,32). The van der Waals surface area contributed by atoms with Gasteiger partial charge in [0.15, 0.2) is 5.57 Å². The SMILES string of the molecule is CCn1c(=C(C#N)C(=O)NCC(F)F)sc(=CNc2ccc(C)c(OCCN3CCOCC3)c2)c1=O. The molecule has 0 bridgehead atoms. The van der Waals surface area contributed by atoms with E-state index < -0.39 is 24.4 Å². The van der Waals surface area contributed by atoms with Crippen molar-refractivity contribution in [1.29, 1.82) is 5.26 Å². The van der Waals surface area contributed by atoms with Crippen LogP contribution in [0.5, 0.6) is 5.75 Å². The van der Waals surface area contributed by atoms with Gasteiger partial charge in [-0.1, -0.05) is 6.07 Å². The van der Waals surface area contributed by atoms with Gasteiger partial charge in [0.2, 0.25) is 0 Å². The molecule has 0 atom stereocenters. The van der Waals surface area contributed by atoms with Crippen LogP contribution in [0.25, 0.3) is 11.8 Å². The van der Waals surface area contributed by atoms with Crippen LogP contribution in [0.2, 0.25) is 0 Å². The normalized spacial score (nSPS) is 15.5. The zero-order valence-corrected chi connectivity index (χ0v) is 21.0. The van der Waals surface area contributed by atoms with Gasteiger partial charge in [-0.05, 0) is 25.5 Å². The molecule has 1 aromatic carbocycles. The molecular formula is C24H29F2N5O4S. The lowest BCUT2D eigenvalue weighted by molar-refractivity contribution is -0.116. The molecule has 0 unspecified atom stereocenters. The van der Waals surface area contributed by atoms with E-state index in [-0.39, 0.29) is 21.3 Å². The number of nitrogens with zero attached hydrogens (tertiary/aromatic N) is 3. The fourth-order valence-corrected chi connectivity index (χ4v) is 4.64. The number of thiazole rings is 1. The molecule has 1 aliphatic heterocycles. The lowest BCUT2D eigenvalue weighted by Gasteiger charge is -2.26. The Bertz CT molecular complexity index is 1280. The van der Waals surface area contributed by atoms with Crippen molar-refractivity contribution in [3.05, 3.63) is 43.3 Å². The number of nitrogens with one attached hydrogen (secondary N) is 2. The van der Waals surface area contributed by atoms with E-state index in [1.54, 1.807) is 13.0 Å². The maximum atomic E-state index is 12.9. The Hall–Kier alpha value is -3.27. The first-order chi connectivity index (χ1) is 17.3. The van der Waals surface area contributed by atoms with Gasteiger partial charge in [-0.3, -0.25) is 19.1 Å². The Balaban J connectivity index is 1.80. The summed E-state index contributed by atoms with van der Waals surface area (Å²) in [7, 11) is 0. The molecule has 2 N–H and O–H groups in total. The molecule has 2 heterocycles. The van der Waals surface area contributed by atoms with E-state index in [1.165, 1.54) is 10.8 Å². The number of morpholine rings is 1. The predicted molar refractivity (Wildman–Crippen MR) is 134 cm³/mol. The number of carbonyl (C=O) groups is 1. The molecule has 0 radical (unpaired) electrons. The van der Waals surface area contributed by atoms with Crippen LogP contribution in [0, 0.1) is 18.3 Å². The molecule has 9 nitrogen and oxygen atoms in total. The van der Waals surface area contributed by atoms with Crippen molar-refractivity contribution in [1.82, 2.24) is 14.8 Å². The van der Waals surface area contributed by atoms with E-state index in [0.717, 1.165) is 55.5 Å². The predicted octanol–water partition coefficient (Wildman–Crippen LogP) is 0.855. The Labute approximate surface area is 211 Å². The molecule has 1 fully saturated rings. The zero-order valence-electron chi connectivity index (χ0n) is 20.2. The maximum Gasteiger partial charge on any atom is 0.270 e. The number of amides is 1. The van der Waals surface area contributed by atoms with E-state index >= 15 is 0 Å². The van der Waals surface area contributed by atoms with Crippen LogP contribution in [0.15, 0.2) is 23.0 Å². The molecule has 3 rings (SSSR count). The molecule has 2 aromatic rings. The van der Waals surface area contributed by atoms with Gasteiger partial charge in [-0.15, -0.1) is 11.3 Å². The monoisotopic (exact) mass is 521 g/mol. The lowest BCUT2D eigenvalue weighted by atomic mass is 10.2. The minimum absolute atomic E-state index is 0.112. The third kappa shape index (κ3) is 7.13. The topological polar surface area (TPSA) is 109 Å². The molecule has 194 valence electrons. The van der Waals surface area contributed by atoms with Crippen LogP contribution < -0.4 is 30.1 Å². The van der Waals surface area contributed by atoms with E-state index in [2.05, 4.69) is 10.2 Å². The van der Waals surface area contributed by atoms with Crippen molar-refractivity contribution < 1.29 is 23.0 Å². The molecule has 12 heteroatoms. The summed E-state index contributed by atoms with van der Waals surface area (Å²) in [6.45, 7) is 7.52. The summed E-state index contributed by atoms with van der Waals surface area (Å²) in [5.41, 5.74) is 0.884. The van der Waals surface area contributed by atoms with Crippen LogP contribution in [0.4, 0.5) is 14.5 Å². The van der Waals surface area contributed by atoms with Gasteiger partial charge in [-0.25, -0.2) is 8.78 Å².